The van der Waals surface area contributed by atoms with Crippen LogP contribution >= 0.6 is 11.6 Å². The van der Waals surface area contributed by atoms with Crippen molar-refractivity contribution in [3.05, 3.63) is 95.7 Å². The van der Waals surface area contributed by atoms with Crippen molar-refractivity contribution in [1.82, 2.24) is 15.1 Å². The normalized spacial score (nSPS) is 19.7. The van der Waals surface area contributed by atoms with Gasteiger partial charge in [0.1, 0.15) is 13.6 Å². The van der Waals surface area contributed by atoms with Crippen molar-refractivity contribution in [1.29, 1.82) is 0 Å². The fraction of sp³-hybridized carbons (Fsp3) is 0.441. The van der Waals surface area contributed by atoms with Gasteiger partial charge >= 0.3 is 0 Å². The van der Waals surface area contributed by atoms with Crippen molar-refractivity contribution in [2.24, 2.45) is 5.92 Å². The van der Waals surface area contributed by atoms with E-state index in [2.05, 4.69) is 66.7 Å². The number of nitrogens with zero attached hydrogens (tertiary/aromatic N) is 2. The molecule has 2 aliphatic heterocycles. The maximum absolute atomic E-state index is 12.9. The minimum absolute atomic E-state index is 0.0784. The minimum Gasteiger partial charge on any atom is -0.367 e. The molecule has 0 radical (unpaired) electrons. The molecule has 0 saturated carbocycles. The zero-order valence-corrected chi connectivity index (χ0v) is 26.2. The fourth-order valence-electron chi connectivity index (χ4n) is 4.77. The Hall–Kier alpha value is -3.22. The first kappa shape index (κ1) is 37.8. The molecule has 226 valence electrons. The summed E-state index contributed by atoms with van der Waals surface area (Å²) >= 11 is 5.85. The summed E-state index contributed by atoms with van der Waals surface area (Å²) in [7, 11) is 1.97. The number of halogens is 1. The van der Waals surface area contributed by atoms with Crippen LogP contribution in [0.3, 0.4) is 0 Å². The van der Waals surface area contributed by atoms with E-state index >= 15 is 0 Å². The number of likely N-dealkylation sites (tertiary alicyclic amines) is 2. The number of allylic oxidation sites excluding steroid dienone is 6. The van der Waals surface area contributed by atoms with Crippen LogP contribution in [0.2, 0.25) is 0 Å². The van der Waals surface area contributed by atoms with E-state index in [1.165, 1.54) is 12.0 Å². The lowest BCUT2D eigenvalue weighted by Crippen LogP contribution is -2.44. The fourth-order valence-corrected chi connectivity index (χ4v) is 4.83. The van der Waals surface area contributed by atoms with Crippen LogP contribution in [0.15, 0.2) is 90.2 Å². The Morgan fingerprint density at radius 2 is 1.71 bits per heavy atom. The second-order valence-electron chi connectivity index (χ2n) is 10.0. The van der Waals surface area contributed by atoms with Crippen LogP contribution in [0.1, 0.15) is 64.5 Å². The van der Waals surface area contributed by atoms with Gasteiger partial charge in [-0.05, 0) is 71.6 Å². The highest BCUT2D eigenvalue weighted by Gasteiger charge is 2.30. The summed E-state index contributed by atoms with van der Waals surface area (Å²) in [5.41, 5.74) is 3.52. The third-order valence-corrected chi connectivity index (χ3v) is 7.23. The van der Waals surface area contributed by atoms with Crippen LogP contribution in [0, 0.1) is 5.92 Å². The first-order chi connectivity index (χ1) is 19.8. The third-order valence-electron chi connectivity index (χ3n) is 7.10. The van der Waals surface area contributed by atoms with E-state index in [-0.39, 0.29) is 11.8 Å². The SMILES string of the molecule is C=C[C@@H]1CCCN1C(=C)CN1CCC[C@H](C/C=C/C(C)=C/C=C(\C)Cl)C1=O.C=O.C=O.CN[C@H](C)c1ccccc1. The topological polar surface area (TPSA) is 69.7 Å². The van der Waals surface area contributed by atoms with E-state index in [1.54, 1.807) is 0 Å². The van der Waals surface area contributed by atoms with Gasteiger partial charge in [-0.2, -0.15) is 0 Å². The van der Waals surface area contributed by atoms with Crippen molar-refractivity contribution in [2.45, 2.75) is 65.0 Å². The molecule has 0 aliphatic carbocycles. The molecule has 0 bridgehead atoms. The van der Waals surface area contributed by atoms with Gasteiger partial charge in [0.05, 0.1) is 6.54 Å². The van der Waals surface area contributed by atoms with Crippen molar-refractivity contribution < 1.29 is 14.4 Å². The minimum atomic E-state index is 0.0784. The number of hydrogen-bond acceptors (Lipinski definition) is 5. The molecular weight excluding hydrogens is 534 g/mol. The molecule has 2 saturated heterocycles. The second kappa shape index (κ2) is 22.5. The maximum atomic E-state index is 12.9. The quantitative estimate of drug-likeness (QED) is 0.237. The number of benzene rings is 1. The lowest BCUT2D eigenvalue weighted by Gasteiger charge is -2.35. The molecule has 2 fully saturated rings. The predicted octanol–water partition coefficient (Wildman–Crippen LogP) is 7.02. The van der Waals surface area contributed by atoms with Crippen LogP contribution in [-0.4, -0.2) is 62.0 Å². The highest BCUT2D eigenvalue weighted by atomic mass is 35.5. The molecule has 2 aliphatic rings. The van der Waals surface area contributed by atoms with Gasteiger partial charge in [0.25, 0.3) is 0 Å². The Kier molecular flexibility index (Phi) is 20.7. The number of carbonyl (C=O) groups is 3. The number of rotatable bonds is 10. The molecule has 3 rings (SSSR count). The summed E-state index contributed by atoms with van der Waals surface area (Å²) in [6.07, 6.45) is 15.2. The Morgan fingerprint density at radius 1 is 1.07 bits per heavy atom. The van der Waals surface area contributed by atoms with Crippen molar-refractivity contribution in [3.63, 3.8) is 0 Å². The predicted molar refractivity (Wildman–Crippen MR) is 174 cm³/mol. The van der Waals surface area contributed by atoms with Crippen LogP contribution < -0.4 is 5.32 Å². The van der Waals surface area contributed by atoms with Crippen LogP contribution in [0.5, 0.6) is 0 Å². The van der Waals surface area contributed by atoms with Crippen LogP contribution in [-0.2, 0) is 14.4 Å². The second-order valence-corrected chi connectivity index (χ2v) is 10.6. The lowest BCUT2D eigenvalue weighted by atomic mass is 9.93. The molecule has 41 heavy (non-hydrogen) atoms. The average molecular weight is 584 g/mol. The Morgan fingerprint density at radius 3 is 2.29 bits per heavy atom. The molecule has 0 aromatic heterocycles. The van der Waals surface area contributed by atoms with E-state index in [4.69, 9.17) is 21.2 Å². The summed E-state index contributed by atoms with van der Waals surface area (Å²) in [4.78, 5) is 33.2. The molecular formula is C34H50ClN3O3. The van der Waals surface area contributed by atoms with Gasteiger partial charge in [0.2, 0.25) is 5.91 Å². The van der Waals surface area contributed by atoms with Crippen molar-refractivity contribution in [2.75, 3.05) is 26.7 Å². The molecule has 1 N–H and O–H groups in total. The lowest BCUT2D eigenvalue weighted by molar-refractivity contribution is -0.138. The third kappa shape index (κ3) is 14.3. The zero-order valence-electron chi connectivity index (χ0n) is 25.5. The van der Waals surface area contributed by atoms with Gasteiger partial charge in [-0.3, -0.25) is 4.79 Å². The van der Waals surface area contributed by atoms with Crippen molar-refractivity contribution >= 4 is 31.1 Å². The van der Waals surface area contributed by atoms with E-state index in [9.17, 15) is 4.79 Å². The molecule has 0 spiro atoms. The van der Waals surface area contributed by atoms with Gasteiger partial charge in [0.15, 0.2) is 0 Å². The van der Waals surface area contributed by atoms with Gasteiger partial charge in [0, 0.05) is 41.8 Å². The molecule has 6 nitrogen and oxygen atoms in total. The maximum Gasteiger partial charge on any atom is 0.226 e. The smallest absolute Gasteiger partial charge is 0.226 e. The van der Waals surface area contributed by atoms with Crippen molar-refractivity contribution in [3.8, 4) is 0 Å². The Bertz CT molecular complexity index is 1000. The molecule has 1 amide bonds. The van der Waals surface area contributed by atoms with E-state index < -0.39 is 0 Å². The molecule has 2 heterocycles. The summed E-state index contributed by atoms with van der Waals surface area (Å²) in [6.45, 7) is 20.7. The van der Waals surface area contributed by atoms with E-state index in [1.807, 2.05) is 63.7 Å². The van der Waals surface area contributed by atoms with E-state index in [0.717, 1.165) is 55.1 Å². The molecule has 3 atom stereocenters. The highest BCUT2D eigenvalue weighted by Crippen LogP contribution is 2.26. The number of carbonyl (C=O) groups excluding carboxylic acids is 3. The highest BCUT2D eigenvalue weighted by molar-refractivity contribution is 6.29. The number of piperidine rings is 1. The number of hydrogen-bond donors (Lipinski definition) is 1. The number of amides is 1. The monoisotopic (exact) mass is 583 g/mol. The Labute approximate surface area is 253 Å². The summed E-state index contributed by atoms with van der Waals surface area (Å²) in [6, 6.07) is 11.2. The Balaban J connectivity index is 0.000000950. The largest absolute Gasteiger partial charge is 0.367 e. The summed E-state index contributed by atoms with van der Waals surface area (Å²) in [5, 5.41) is 3.94. The summed E-state index contributed by atoms with van der Waals surface area (Å²) < 4.78 is 0. The molecule has 1 aromatic carbocycles. The molecule has 1 aromatic rings. The zero-order chi connectivity index (χ0) is 31.2. The van der Waals surface area contributed by atoms with Gasteiger partial charge in [-0.1, -0.05) is 78.4 Å². The standard InChI is InChI=1S/C23H33ClN2O.C9H13N.2CH2O/c1-5-22-12-8-16-26(22)20(4)17-25-15-7-11-21(23(25)27)10-6-9-18(2)13-14-19(3)24;1-8(10-2)9-6-4-3-5-7-9;2*1-2/h5-6,9,13-14,21-22H,1,4,7-8,10-12,15-17H2,2-3H3;3-8,10H,1-2H3;2*1H2/b9-6+,18-13+,19-14+;;;/t21-,22+;8-;;/m01../s1. The summed E-state index contributed by atoms with van der Waals surface area (Å²) in [5.74, 6) is 0.342. The van der Waals surface area contributed by atoms with Gasteiger partial charge in [-0.25, -0.2) is 0 Å². The number of nitrogens with one attached hydrogen (secondary N) is 1. The molecule has 0 unspecified atom stereocenters. The van der Waals surface area contributed by atoms with Gasteiger partial charge < -0.3 is 24.7 Å². The van der Waals surface area contributed by atoms with Crippen LogP contribution in [0.4, 0.5) is 0 Å². The average Bonchev–Trinajstić information content (AvgIpc) is 3.50. The van der Waals surface area contributed by atoms with E-state index in [0.29, 0.717) is 18.6 Å². The first-order valence-electron chi connectivity index (χ1n) is 14.1. The van der Waals surface area contributed by atoms with Gasteiger partial charge in [-0.15, -0.1) is 6.58 Å². The molecule has 7 heteroatoms. The van der Waals surface area contributed by atoms with Crippen LogP contribution in [0.25, 0.3) is 0 Å². The first-order valence-corrected chi connectivity index (χ1v) is 14.5.